The molecule has 0 aliphatic carbocycles. The maximum Gasteiger partial charge on any atom is 0.573 e. The van der Waals surface area contributed by atoms with Crippen LogP contribution in [0.4, 0.5) is 18.9 Å². The minimum absolute atomic E-state index is 0.240. The van der Waals surface area contributed by atoms with Crippen molar-refractivity contribution in [2.75, 3.05) is 11.9 Å². The minimum Gasteiger partial charge on any atom is -0.484 e. The number of anilines is 1. The number of rotatable bonds is 6. The maximum atomic E-state index is 12.1. The van der Waals surface area contributed by atoms with Crippen LogP contribution in [-0.2, 0) is 4.79 Å². The predicted octanol–water partition coefficient (Wildman–Crippen LogP) is 5.03. The number of alkyl halides is 3. The quantitative estimate of drug-likeness (QED) is 0.621. The summed E-state index contributed by atoms with van der Waals surface area (Å²) in [6.45, 7) is 1.68. The Kier molecular flexibility index (Phi) is 5.84. The van der Waals surface area contributed by atoms with Gasteiger partial charge < -0.3 is 14.8 Å². The van der Waals surface area contributed by atoms with Crippen LogP contribution in [0.15, 0.2) is 53.9 Å². The molecule has 1 N–H and O–H groups in total. The van der Waals surface area contributed by atoms with E-state index in [1.165, 1.54) is 12.1 Å². The Morgan fingerprint density at radius 2 is 1.71 bits per heavy atom. The Bertz CT molecular complexity index is 938. The van der Waals surface area contributed by atoms with Gasteiger partial charge in [0.25, 0.3) is 5.91 Å². The fourth-order valence-electron chi connectivity index (χ4n) is 2.27. The van der Waals surface area contributed by atoms with Gasteiger partial charge in [0.2, 0.25) is 0 Å². The number of ether oxygens (including phenoxy) is 2. The molecule has 1 aromatic heterocycles. The molecule has 2 aromatic carbocycles. The molecule has 9 heteroatoms. The summed E-state index contributed by atoms with van der Waals surface area (Å²) in [7, 11) is 0. The zero-order valence-electron chi connectivity index (χ0n) is 14.6. The van der Waals surface area contributed by atoms with Crippen LogP contribution in [0.2, 0.25) is 0 Å². The predicted molar refractivity (Wildman–Crippen MR) is 99.5 cm³/mol. The Labute approximate surface area is 162 Å². The van der Waals surface area contributed by atoms with Gasteiger partial charge in [0.1, 0.15) is 16.5 Å². The third kappa shape index (κ3) is 5.71. The molecular weight excluding hydrogens is 393 g/mol. The zero-order valence-corrected chi connectivity index (χ0v) is 15.4. The van der Waals surface area contributed by atoms with Crippen LogP contribution in [0.3, 0.4) is 0 Å². The maximum absolute atomic E-state index is 12.1. The number of carbonyl (C=O) groups excluding carboxylic acids is 1. The van der Waals surface area contributed by atoms with E-state index in [0.717, 1.165) is 28.4 Å². The number of nitrogens with zero attached hydrogens (tertiary/aromatic N) is 1. The number of halogens is 3. The first-order valence-electron chi connectivity index (χ1n) is 8.09. The number of thiazole rings is 1. The second-order valence-corrected chi connectivity index (χ2v) is 6.59. The summed E-state index contributed by atoms with van der Waals surface area (Å²) < 4.78 is 45.6. The summed E-state index contributed by atoms with van der Waals surface area (Å²) >= 11 is 1.54. The van der Waals surface area contributed by atoms with Crippen molar-refractivity contribution in [3.8, 4) is 22.1 Å². The molecule has 0 saturated heterocycles. The number of hydrogen-bond donors (Lipinski definition) is 1. The van der Waals surface area contributed by atoms with Gasteiger partial charge in [-0.15, -0.1) is 24.5 Å². The lowest BCUT2D eigenvalue weighted by Gasteiger charge is -2.10. The summed E-state index contributed by atoms with van der Waals surface area (Å²) in [6, 6.07) is 12.0. The van der Waals surface area contributed by atoms with Gasteiger partial charge in [-0.25, -0.2) is 4.98 Å². The van der Waals surface area contributed by atoms with Crippen LogP contribution in [0.25, 0.3) is 10.6 Å². The van der Waals surface area contributed by atoms with Gasteiger partial charge in [-0.2, -0.15) is 0 Å². The molecule has 1 heterocycles. The van der Waals surface area contributed by atoms with E-state index in [1.807, 2.05) is 24.4 Å². The molecule has 0 fully saturated rings. The van der Waals surface area contributed by atoms with Gasteiger partial charge in [-0.05, 0) is 55.5 Å². The van der Waals surface area contributed by atoms with Gasteiger partial charge >= 0.3 is 6.36 Å². The van der Waals surface area contributed by atoms with Crippen LogP contribution in [0.5, 0.6) is 11.5 Å². The van der Waals surface area contributed by atoms with E-state index in [4.69, 9.17) is 4.74 Å². The molecule has 1 amide bonds. The smallest absolute Gasteiger partial charge is 0.484 e. The molecule has 28 heavy (non-hydrogen) atoms. The molecule has 5 nitrogen and oxygen atoms in total. The van der Waals surface area contributed by atoms with Crippen LogP contribution < -0.4 is 14.8 Å². The summed E-state index contributed by atoms with van der Waals surface area (Å²) in [5.41, 5.74) is 2.24. The SMILES string of the molecule is Cc1csc(-c2ccc(OCC(=O)Nc3ccc(OC(F)(F)F)cc3)cc2)n1. The van der Waals surface area contributed by atoms with Crippen molar-refractivity contribution in [1.82, 2.24) is 4.98 Å². The molecule has 0 bridgehead atoms. The second-order valence-electron chi connectivity index (χ2n) is 5.73. The molecule has 0 unspecified atom stereocenters. The minimum atomic E-state index is -4.76. The van der Waals surface area contributed by atoms with E-state index in [2.05, 4.69) is 15.0 Å². The van der Waals surface area contributed by atoms with Crippen molar-refractivity contribution >= 4 is 22.9 Å². The third-order valence-corrected chi connectivity index (χ3v) is 4.47. The number of carbonyl (C=O) groups is 1. The summed E-state index contributed by atoms with van der Waals surface area (Å²) in [6.07, 6.45) is -4.76. The van der Waals surface area contributed by atoms with Gasteiger partial charge in [-0.3, -0.25) is 4.79 Å². The fraction of sp³-hybridized carbons (Fsp3) is 0.158. The largest absolute Gasteiger partial charge is 0.573 e. The second kappa shape index (κ2) is 8.30. The van der Waals surface area contributed by atoms with Crippen LogP contribution >= 0.6 is 11.3 Å². The van der Waals surface area contributed by atoms with Crippen LogP contribution in [0, 0.1) is 6.92 Å². The fourth-order valence-corrected chi connectivity index (χ4v) is 3.07. The number of amides is 1. The molecule has 0 saturated carbocycles. The third-order valence-electron chi connectivity index (χ3n) is 3.46. The first-order chi connectivity index (χ1) is 13.3. The Morgan fingerprint density at radius 3 is 2.29 bits per heavy atom. The van der Waals surface area contributed by atoms with Gasteiger partial charge in [0.15, 0.2) is 6.61 Å². The lowest BCUT2D eigenvalue weighted by atomic mass is 10.2. The van der Waals surface area contributed by atoms with E-state index >= 15 is 0 Å². The number of nitrogens with one attached hydrogen (secondary N) is 1. The Morgan fingerprint density at radius 1 is 1.07 bits per heavy atom. The highest BCUT2D eigenvalue weighted by Gasteiger charge is 2.30. The molecule has 0 radical (unpaired) electrons. The van der Waals surface area contributed by atoms with Crippen molar-refractivity contribution in [2.45, 2.75) is 13.3 Å². The Hall–Kier alpha value is -3.07. The molecule has 0 aliphatic rings. The number of aryl methyl sites for hydroxylation is 1. The first-order valence-corrected chi connectivity index (χ1v) is 8.97. The normalized spacial score (nSPS) is 11.1. The van der Waals surface area contributed by atoms with Crippen LogP contribution in [0.1, 0.15) is 5.69 Å². The number of hydrogen-bond acceptors (Lipinski definition) is 5. The van der Waals surface area contributed by atoms with E-state index in [0.29, 0.717) is 11.4 Å². The molecular formula is C19H15F3N2O3S. The standard InChI is InChI=1S/C19H15F3N2O3S/c1-12-11-28-18(23-12)13-2-6-15(7-3-13)26-10-17(25)24-14-4-8-16(9-5-14)27-19(20,21)22/h2-9,11H,10H2,1H3,(H,24,25). The number of aromatic nitrogens is 1. The molecule has 3 aromatic rings. The van der Waals surface area contributed by atoms with Crippen molar-refractivity contribution < 1.29 is 27.4 Å². The van der Waals surface area contributed by atoms with E-state index in [-0.39, 0.29) is 12.4 Å². The number of benzene rings is 2. The van der Waals surface area contributed by atoms with Gasteiger partial charge in [0.05, 0.1) is 0 Å². The monoisotopic (exact) mass is 408 g/mol. The van der Waals surface area contributed by atoms with Gasteiger partial charge in [-0.1, -0.05) is 0 Å². The Balaban J connectivity index is 1.50. The summed E-state index contributed by atoms with van der Waals surface area (Å²) in [4.78, 5) is 16.3. The average Bonchev–Trinajstić information content (AvgIpc) is 3.07. The molecule has 0 spiro atoms. The molecule has 0 atom stereocenters. The summed E-state index contributed by atoms with van der Waals surface area (Å²) in [5.74, 6) is -0.289. The molecule has 0 aliphatic heterocycles. The highest BCUT2D eigenvalue weighted by Crippen LogP contribution is 2.26. The van der Waals surface area contributed by atoms with Crippen molar-refractivity contribution in [3.05, 3.63) is 59.6 Å². The lowest BCUT2D eigenvalue weighted by molar-refractivity contribution is -0.274. The highest BCUT2D eigenvalue weighted by atomic mass is 32.1. The summed E-state index contributed by atoms with van der Waals surface area (Å²) in [5, 5.41) is 5.40. The van der Waals surface area contributed by atoms with E-state index in [1.54, 1.807) is 23.5 Å². The topological polar surface area (TPSA) is 60.5 Å². The average molecular weight is 408 g/mol. The van der Waals surface area contributed by atoms with Crippen molar-refractivity contribution in [3.63, 3.8) is 0 Å². The van der Waals surface area contributed by atoms with Crippen molar-refractivity contribution in [1.29, 1.82) is 0 Å². The lowest BCUT2D eigenvalue weighted by Crippen LogP contribution is -2.20. The van der Waals surface area contributed by atoms with Gasteiger partial charge in [0, 0.05) is 22.3 Å². The van der Waals surface area contributed by atoms with Crippen LogP contribution in [-0.4, -0.2) is 23.9 Å². The van der Waals surface area contributed by atoms with E-state index < -0.39 is 12.3 Å². The van der Waals surface area contributed by atoms with E-state index in [9.17, 15) is 18.0 Å². The van der Waals surface area contributed by atoms with Crippen molar-refractivity contribution in [2.24, 2.45) is 0 Å². The molecule has 146 valence electrons. The first kappa shape index (κ1) is 19.7. The molecule has 3 rings (SSSR count). The zero-order chi connectivity index (χ0) is 20.1. The highest BCUT2D eigenvalue weighted by molar-refractivity contribution is 7.13.